The Kier molecular flexibility index (Phi) is 10.4. The molecule has 3 atom stereocenters. The molecule has 3 nitrogen and oxygen atoms in total. The van der Waals surface area contributed by atoms with Gasteiger partial charge in [0.2, 0.25) is 0 Å². The largest absolute Gasteiger partial charge is 0.370 e. The molecule has 0 aromatic heterocycles. The van der Waals surface area contributed by atoms with Gasteiger partial charge in [-0.1, -0.05) is 65.2 Å². The van der Waals surface area contributed by atoms with Gasteiger partial charge in [0.05, 0.1) is 12.2 Å². The van der Waals surface area contributed by atoms with E-state index in [0.717, 1.165) is 6.42 Å². The van der Waals surface area contributed by atoms with Crippen LogP contribution in [0.2, 0.25) is 0 Å². The lowest BCUT2D eigenvalue weighted by molar-refractivity contribution is -0.230. The molecule has 0 aromatic carbocycles. The molecule has 23 heavy (non-hydrogen) atoms. The molecule has 1 aliphatic heterocycles. The average molecular weight is 329 g/mol. The molecule has 1 saturated heterocycles. The number of unbranched alkanes of at least 4 members (excludes halogenated alkanes) is 6. The first-order valence-electron chi connectivity index (χ1n) is 9.87. The zero-order valence-electron chi connectivity index (χ0n) is 16.2. The summed E-state index contributed by atoms with van der Waals surface area (Å²) in [5, 5.41) is 0. The third-order valence-electron chi connectivity index (χ3n) is 5.51. The Morgan fingerprint density at radius 3 is 2.09 bits per heavy atom. The first-order chi connectivity index (χ1) is 11.1. The van der Waals surface area contributed by atoms with Gasteiger partial charge in [-0.15, -0.1) is 0 Å². The third kappa shape index (κ3) is 7.53. The van der Waals surface area contributed by atoms with Gasteiger partial charge in [-0.3, -0.25) is 0 Å². The van der Waals surface area contributed by atoms with Gasteiger partial charge in [0.25, 0.3) is 0 Å². The summed E-state index contributed by atoms with van der Waals surface area (Å²) < 4.78 is 17.3. The average Bonchev–Trinajstić information content (AvgIpc) is 3.31. The van der Waals surface area contributed by atoms with E-state index >= 15 is 0 Å². The van der Waals surface area contributed by atoms with Crippen molar-refractivity contribution in [3.05, 3.63) is 0 Å². The molecule has 3 heteroatoms. The van der Waals surface area contributed by atoms with E-state index in [9.17, 15) is 0 Å². The summed E-state index contributed by atoms with van der Waals surface area (Å²) in [6.45, 7) is 6.60. The van der Waals surface area contributed by atoms with Crippen LogP contribution >= 0.6 is 0 Å². The molecule has 0 N–H and O–H groups in total. The Labute approximate surface area is 144 Å². The number of rotatable bonds is 15. The van der Waals surface area contributed by atoms with E-state index in [1.165, 1.54) is 64.2 Å². The van der Waals surface area contributed by atoms with Crippen molar-refractivity contribution in [1.82, 2.24) is 0 Å². The minimum absolute atomic E-state index is 0.417. The Morgan fingerprint density at radius 1 is 0.870 bits per heavy atom. The first kappa shape index (κ1) is 20.9. The maximum absolute atomic E-state index is 5.91. The lowest BCUT2D eigenvalue weighted by Crippen LogP contribution is -2.39. The fraction of sp³-hybridized carbons (Fsp3) is 1.00. The maximum atomic E-state index is 5.91. The van der Waals surface area contributed by atoms with Gasteiger partial charge in [0, 0.05) is 20.1 Å². The Hall–Kier alpha value is -0.120. The van der Waals surface area contributed by atoms with Gasteiger partial charge in [0.1, 0.15) is 0 Å². The van der Waals surface area contributed by atoms with Crippen LogP contribution in [0.15, 0.2) is 0 Å². The summed E-state index contributed by atoms with van der Waals surface area (Å²) in [6.07, 6.45) is 14.9. The topological polar surface area (TPSA) is 31.0 Å². The zero-order valence-corrected chi connectivity index (χ0v) is 16.2. The van der Waals surface area contributed by atoms with Crippen LogP contribution in [0.25, 0.3) is 0 Å². The van der Waals surface area contributed by atoms with Gasteiger partial charge in [-0.2, -0.15) is 0 Å². The van der Waals surface area contributed by atoms with Crippen LogP contribution in [-0.4, -0.2) is 32.2 Å². The summed E-state index contributed by atoms with van der Waals surface area (Å²) in [4.78, 5) is 0. The van der Waals surface area contributed by atoms with Crippen LogP contribution in [0.5, 0.6) is 0 Å². The van der Waals surface area contributed by atoms with E-state index in [0.29, 0.717) is 18.1 Å². The van der Waals surface area contributed by atoms with Gasteiger partial charge >= 0.3 is 0 Å². The number of hydrogen-bond donors (Lipinski definition) is 0. The lowest BCUT2D eigenvalue weighted by atomic mass is 9.87. The Bertz CT molecular complexity index is 289. The second-order valence-corrected chi connectivity index (χ2v) is 7.27. The van der Waals surface area contributed by atoms with Crippen LogP contribution in [-0.2, 0) is 14.2 Å². The number of ether oxygens (including phenoxy) is 3. The molecule has 1 rings (SSSR count). The lowest BCUT2D eigenvalue weighted by Gasteiger charge is -2.35. The van der Waals surface area contributed by atoms with Gasteiger partial charge < -0.3 is 14.2 Å². The van der Waals surface area contributed by atoms with E-state index in [4.69, 9.17) is 14.2 Å². The van der Waals surface area contributed by atoms with Crippen molar-refractivity contribution in [2.24, 2.45) is 5.92 Å². The smallest absolute Gasteiger partial charge is 0.167 e. The van der Waals surface area contributed by atoms with Crippen LogP contribution in [0, 0.1) is 5.92 Å². The fourth-order valence-electron chi connectivity index (χ4n) is 3.52. The van der Waals surface area contributed by atoms with Crippen molar-refractivity contribution in [3.8, 4) is 0 Å². The second kappa shape index (κ2) is 11.4. The number of methoxy groups -OCH3 is 2. The summed E-state index contributed by atoms with van der Waals surface area (Å²) in [5.41, 5.74) is 0. The Morgan fingerprint density at radius 2 is 1.48 bits per heavy atom. The first-order valence-corrected chi connectivity index (χ1v) is 9.87. The molecule has 1 aliphatic rings. The highest BCUT2D eigenvalue weighted by Gasteiger charge is 2.44. The molecular formula is C20H40O3. The minimum atomic E-state index is -0.481. The Balaban J connectivity index is 2.39. The second-order valence-electron chi connectivity index (χ2n) is 7.27. The maximum Gasteiger partial charge on any atom is 0.167 e. The van der Waals surface area contributed by atoms with Crippen molar-refractivity contribution in [3.63, 3.8) is 0 Å². The van der Waals surface area contributed by atoms with E-state index in [1.807, 2.05) is 0 Å². The molecule has 1 fully saturated rings. The number of epoxide rings is 1. The molecule has 0 bridgehead atoms. The van der Waals surface area contributed by atoms with Crippen LogP contribution in [0.4, 0.5) is 0 Å². The standard InChI is InChI=1S/C20H40O3/c1-6-8-10-11-13-14-17(20(3,21-4)22-5)16-19-18(23-19)15-12-9-7-2/h17-19H,6-16H2,1-5H3. The van der Waals surface area contributed by atoms with Crippen molar-refractivity contribution >= 4 is 0 Å². The van der Waals surface area contributed by atoms with Gasteiger partial charge in [-0.05, 0) is 26.2 Å². The van der Waals surface area contributed by atoms with E-state index < -0.39 is 5.79 Å². The van der Waals surface area contributed by atoms with E-state index in [2.05, 4.69) is 20.8 Å². The van der Waals surface area contributed by atoms with E-state index in [-0.39, 0.29) is 0 Å². The highest BCUT2D eigenvalue weighted by Crippen LogP contribution is 2.39. The van der Waals surface area contributed by atoms with E-state index in [1.54, 1.807) is 14.2 Å². The van der Waals surface area contributed by atoms with Crippen molar-refractivity contribution < 1.29 is 14.2 Å². The quantitative estimate of drug-likeness (QED) is 0.219. The van der Waals surface area contributed by atoms with Gasteiger partial charge in [0.15, 0.2) is 5.79 Å². The molecule has 1 heterocycles. The molecule has 0 radical (unpaired) electrons. The SMILES string of the molecule is CCCCCCCC(CC1OC1CCCCC)C(C)(OC)OC. The van der Waals surface area contributed by atoms with Crippen LogP contribution in [0.1, 0.15) is 91.4 Å². The van der Waals surface area contributed by atoms with Crippen molar-refractivity contribution in [1.29, 1.82) is 0 Å². The van der Waals surface area contributed by atoms with Crippen molar-refractivity contribution in [2.75, 3.05) is 14.2 Å². The normalized spacial score (nSPS) is 22.3. The summed E-state index contributed by atoms with van der Waals surface area (Å²) in [7, 11) is 3.53. The van der Waals surface area contributed by atoms with Crippen LogP contribution < -0.4 is 0 Å². The molecule has 0 saturated carbocycles. The van der Waals surface area contributed by atoms with Gasteiger partial charge in [-0.25, -0.2) is 0 Å². The minimum Gasteiger partial charge on any atom is -0.370 e. The highest BCUT2D eigenvalue weighted by atomic mass is 16.7. The molecule has 0 aliphatic carbocycles. The molecular weight excluding hydrogens is 288 g/mol. The third-order valence-corrected chi connectivity index (χ3v) is 5.51. The monoisotopic (exact) mass is 328 g/mol. The zero-order chi connectivity index (χ0) is 17.1. The number of hydrogen-bond acceptors (Lipinski definition) is 3. The predicted molar refractivity (Wildman–Crippen MR) is 96.7 cm³/mol. The molecule has 3 unspecified atom stereocenters. The molecule has 138 valence electrons. The molecule has 0 amide bonds. The van der Waals surface area contributed by atoms with Crippen LogP contribution in [0.3, 0.4) is 0 Å². The molecule has 0 aromatic rings. The fourth-order valence-corrected chi connectivity index (χ4v) is 3.52. The molecule has 0 spiro atoms. The summed E-state index contributed by atoms with van der Waals surface area (Å²) in [5.74, 6) is -0.0645. The highest BCUT2D eigenvalue weighted by molar-refractivity contribution is 4.89. The predicted octanol–water partition coefficient (Wildman–Crippen LogP) is 5.71. The van der Waals surface area contributed by atoms with Crippen molar-refractivity contribution in [2.45, 2.75) is 109 Å². The summed E-state index contributed by atoms with van der Waals surface area (Å²) in [6, 6.07) is 0. The summed E-state index contributed by atoms with van der Waals surface area (Å²) >= 11 is 0.